The minimum absolute atomic E-state index is 0.0275. The number of anilines is 1. The molecular formula is C20H18ClN3O3. The maximum Gasteiger partial charge on any atom is 0.269 e. The Labute approximate surface area is 161 Å². The lowest BCUT2D eigenvalue weighted by Crippen LogP contribution is -2.15. The Hall–Kier alpha value is -2.96. The molecule has 0 amide bonds. The van der Waals surface area contributed by atoms with Gasteiger partial charge in [0.15, 0.2) is 0 Å². The first-order valence-corrected chi connectivity index (χ1v) is 8.75. The number of nitrogens with zero attached hydrogens (tertiary/aromatic N) is 2. The Morgan fingerprint density at radius 2 is 1.78 bits per heavy atom. The number of aliphatic hydroxyl groups excluding tert-OH is 1. The van der Waals surface area contributed by atoms with Crippen LogP contribution in [0.3, 0.4) is 0 Å². The smallest absolute Gasteiger partial charge is 0.269 e. The van der Waals surface area contributed by atoms with Gasteiger partial charge >= 0.3 is 0 Å². The van der Waals surface area contributed by atoms with Crippen LogP contribution in [0.4, 0.5) is 11.4 Å². The first-order chi connectivity index (χ1) is 13.0. The van der Waals surface area contributed by atoms with Crippen LogP contribution >= 0.6 is 11.6 Å². The van der Waals surface area contributed by atoms with Crippen LogP contribution in [0.15, 0.2) is 73.1 Å². The van der Waals surface area contributed by atoms with Crippen LogP contribution in [-0.4, -0.2) is 15.0 Å². The van der Waals surface area contributed by atoms with Crippen molar-refractivity contribution in [3.8, 4) is 0 Å². The van der Waals surface area contributed by atoms with Gasteiger partial charge < -0.3 is 10.4 Å². The third-order valence-electron chi connectivity index (χ3n) is 4.22. The van der Waals surface area contributed by atoms with Crippen LogP contribution in [0, 0.1) is 10.1 Å². The van der Waals surface area contributed by atoms with Crippen LogP contribution in [0.5, 0.6) is 0 Å². The van der Waals surface area contributed by atoms with Gasteiger partial charge in [-0.1, -0.05) is 29.8 Å². The molecule has 2 N–H and O–H groups in total. The van der Waals surface area contributed by atoms with Gasteiger partial charge in [-0.05, 0) is 41.5 Å². The normalized spacial score (nSPS) is 13.0. The van der Waals surface area contributed by atoms with Gasteiger partial charge in [0.05, 0.1) is 17.1 Å². The van der Waals surface area contributed by atoms with Gasteiger partial charge in [0.25, 0.3) is 5.69 Å². The van der Waals surface area contributed by atoms with E-state index in [1.807, 2.05) is 12.1 Å². The van der Waals surface area contributed by atoms with Crippen molar-refractivity contribution in [2.75, 3.05) is 5.32 Å². The van der Waals surface area contributed by atoms with E-state index in [0.717, 1.165) is 16.8 Å². The summed E-state index contributed by atoms with van der Waals surface area (Å²) < 4.78 is 0. The quantitative estimate of drug-likeness (QED) is 0.446. The van der Waals surface area contributed by atoms with Crippen LogP contribution in [-0.2, 0) is 0 Å². The molecule has 27 heavy (non-hydrogen) atoms. The summed E-state index contributed by atoms with van der Waals surface area (Å²) in [5.41, 5.74) is 2.42. The molecule has 1 aromatic heterocycles. The first-order valence-electron chi connectivity index (χ1n) is 8.37. The molecule has 7 heteroatoms. The number of aliphatic hydroxyl groups is 1. The molecule has 3 aromatic rings. The van der Waals surface area contributed by atoms with Crippen LogP contribution in [0.1, 0.15) is 29.7 Å². The van der Waals surface area contributed by atoms with Crippen molar-refractivity contribution < 1.29 is 10.0 Å². The maximum atomic E-state index is 10.8. The van der Waals surface area contributed by atoms with E-state index in [2.05, 4.69) is 10.3 Å². The fraction of sp³-hybridized carbons (Fsp3) is 0.150. The number of nitro benzene ring substituents is 1. The van der Waals surface area contributed by atoms with Crippen molar-refractivity contribution in [2.45, 2.75) is 18.6 Å². The zero-order chi connectivity index (χ0) is 19.2. The number of rotatable bonds is 7. The second-order valence-corrected chi connectivity index (χ2v) is 6.53. The third-order valence-corrected chi connectivity index (χ3v) is 4.47. The molecule has 0 saturated heterocycles. The van der Waals surface area contributed by atoms with Crippen molar-refractivity contribution in [3.05, 3.63) is 99.3 Å². The highest BCUT2D eigenvalue weighted by atomic mass is 35.5. The van der Waals surface area contributed by atoms with Crippen molar-refractivity contribution in [2.24, 2.45) is 0 Å². The van der Waals surface area contributed by atoms with Crippen molar-refractivity contribution in [1.82, 2.24) is 4.98 Å². The Balaban J connectivity index is 1.80. The van der Waals surface area contributed by atoms with Gasteiger partial charge in [-0.25, -0.2) is 0 Å². The maximum absolute atomic E-state index is 10.8. The molecule has 0 aliphatic carbocycles. The number of hydrogen-bond donors (Lipinski definition) is 2. The lowest BCUT2D eigenvalue weighted by atomic mass is 9.97. The second-order valence-electron chi connectivity index (χ2n) is 6.09. The van der Waals surface area contributed by atoms with Crippen molar-refractivity contribution in [3.63, 3.8) is 0 Å². The Bertz CT molecular complexity index is 887. The van der Waals surface area contributed by atoms with Gasteiger partial charge in [-0.3, -0.25) is 15.1 Å². The molecule has 0 fully saturated rings. The topological polar surface area (TPSA) is 88.3 Å². The highest BCUT2D eigenvalue weighted by molar-refractivity contribution is 6.30. The molecule has 6 nitrogen and oxygen atoms in total. The Morgan fingerprint density at radius 1 is 1.07 bits per heavy atom. The van der Waals surface area contributed by atoms with E-state index in [4.69, 9.17) is 11.6 Å². The molecule has 2 aromatic carbocycles. The van der Waals surface area contributed by atoms with Gasteiger partial charge in [0.1, 0.15) is 0 Å². The molecule has 1 heterocycles. The lowest BCUT2D eigenvalue weighted by molar-refractivity contribution is -0.384. The van der Waals surface area contributed by atoms with E-state index in [9.17, 15) is 15.2 Å². The van der Waals surface area contributed by atoms with Crippen molar-refractivity contribution >= 4 is 23.0 Å². The number of benzene rings is 2. The summed E-state index contributed by atoms with van der Waals surface area (Å²) in [6.45, 7) is 0. The predicted octanol–water partition coefficient (Wildman–Crippen LogP) is 4.92. The largest absolute Gasteiger partial charge is 0.388 e. The average molecular weight is 384 g/mol. The lowest BCUT2D eigenvalue weighted by Gasteiger charge is -2.23. The summed E-state index contributed by atoms with van der Waals surface area (Å²) in [5, 5.41) is 25.4. The van der Waals surface area contributed by atoms with E-state index in [1.54, 1.807) is 48.8 Å². The monoisotopic (exact) mass is 383 g/mol. The number of hydrogen-bond acceptors (Lipinski definition) is 5. The summed E-state index contributed by atoms with van der Waals surface area (Å²) in [7, 11) is 0. The fourth-order valence-electron chi connectivity index (χ4n) is 2.79. The summed E-state index contributed by atoms with van der Waals surface area (Å²) in [4.78, 5) is 14.5. The molecular weight excluding hydrogens is 366 g/mol. The van der Waals surface area contributed by atoms with Crippen LogP contribution in [0.2, 0.25) is 5.02 Å². The number of nitrogens with one attached hydrogen (secondary N) is 1. The highest BCUT2D eigenvalue weighted by Crippen LogP contribution is 2.30. The van der Waals surface area contributed by atoms with Crippen molar-refractivity contribution in [1.29, 1.82) is 0 Å². The SMILES string of the molecule is O=[N+]([O-])c1ccc(N[C@H](C[C@H](O)c2ccc(Cl)cc2)c2cccnc2)cc1. The van der Waals surface area contributed by atoms with Gasteiger partial charge in [-0.2, -0.15) is 0 Å². The van der Waals surface area contributed by atoms with E-state index in [0.29, 0.717) is 11.4 Å². The van der Waals surface area contributed by atoms with E-state index >= 15 is 0 Å². The molecule has 0 aliphatic rings. The minimum atomic E-state index is -0.710. The molecule has 138 valence electrons. The molecule has 0 bridgehead atoms. The van der Waals surface area contributed by atoms with Crippen LogP contribution < -0.4 is 5.32 Å². The summed E-state index contributed by atoms with van der Waals surface area (Å²) in [5.74, 6) is 0. The highest BCUT2D eigenvalue weighted by Gasteiger charge is 2.18. The molecule has 0 radical (unpaired) electrons. The standard InChI is InChI=1S/C20H18ClN3O3/c21-16-5-3-14(4-6-16)20(25)12-19(15-2-1-11-22-13-15)23-17-7-9-18(10-8-17)24(26)27/h1-11,13,19-20,23,25H,12H2/t19-,20+/m1/s1. The van der Waals surface area contributed by atoms with E-state index in [-0.39, 0.29) is 11.7 Å². The molecule has 0 saturated carbocycles. The summed E-state index contributed by atoms with van der Waals surface area (Å²) >= 11 is 5.91. The Kier molecular flexibility index (Phi) is 6.01. The third kappa shape index (κ3) is 5.03. The van der Waals surface area contributed by atoms with E-state index < -0.39 is 11.0 Å². The molecule has 0 aliphatic heterocycles. The van der Waals surface area contributed by atoms with Crippen LogP contribution in [0.25, 0.3) is 0 Å². The number of pyridine rings is 1. The number of nitro groups is 1. The summed E-state index contributed by atoms with van der Waals surface area (Å²) in [6.07, 6.45) is 3.10. The second kappa shape index (κ2) is 8.62. The molecule has 3 rings (SSSR count). The summed E-state index contributed by atoms with van der Waals surface area (Å²) in [6, 6.07) is 16.8. The first kappa shape index (κ1) is 18.8. The Morgan fingerprint density at radius 3 is 2.37 bits per heavy atom. The van der Waals surface area contributed by atoms with E-state index in [1.165, 1.54) is 12.1 Å². The molecule has 2 atom stereocenters. The number of halogens is 1. The average Bonchev–Trinajstić information content (AvgIpc) is 2.69. The minimum Gasteiger partial charge on any atom is -0.388 e. The molecule has 0 spiro atoms. The predicted molar refractivity (Wildman–Crippen MR) is 105 cm³/mol. The number of aromatic nitrogens is 1. The van der Waals surface area contributed by atoms with Gasteiger partial charge in [0, 0.05) is 41.7 Å². The molecule has 0 unspecified atom stereocenters. The fourth-order valence-corrected chi connectivity index (χ4v) is 2.91. The zero-order valence-electron chi connectivity index (χ0n) is 14.3. The zero-order valence-corrected chi connectivity index (χ0v) is 15.1. The number of non-ortho nitro benzene ring substituents is 1. The van der Waals surface area contributed by atoms with Gasteiger partial charge in [0.2, 0.25) is 0 Å². The van der Waals surface area contributed by atoms with Gasteiger partial charge in [-0.15, -0.1) is 0 Å².